The standard InChI is InChI=1S/C22H27N5O2/c28-21(23-16-5-2-1-3-6-16)25-18-7-4-8-19(15-18)26-22(29)24-17-11-13-27(14-12-17)20-9-10-20/h1-8,15,17,20H,9-14H2,(H2,23,25,28)(H2,24,26,29). The Hall–Kier alpha value is -3.06. The second-order valence-electron chi connectivity index (χ2n) is 7.67. The summed E-state index contributed by atoms with van der Waals surface area (Å²) in [4.78, 5) is 27.0. The molecule has 0 atom stereocenters. The number of carbonyl (C=O) groups is 2. The van der Waals surface area contributed by atoms with Crippen molar-refractivity contribution in [3.8, 4) is 0 Å². The smallest absolute Gasteiger partial charge is 0.323 e. The van der Waals surface area contributed by atoms with Crippen LogP contribution in [0.15, 0.2) is 54.6 Å². The first kappa shape index (κ1) is 19.3. The van der Waals surface area contributed by atoms with Gasteiger partial charge >= 0.3 is 12.1 Å². The quantitative estimate of drug-likeness (QED) is 0.617. The monoisotopic (exact) mass is 393 g/mol. The fourth-order valence-electron chi connectivity index (χ4n) is 3.69. The van der Waals surface area contributed by atoms with E-state index in [1.807, 2.05) is 30.3 Å². The molecule has 1 aliphatic carbocycles. The van der Waals surface area contributed by atoms with E-state index in [0.717, 1.165) is 32.0 Å². The minimum atomic E-state index is -0.333. The summed E-state index contributed by atoms with van der Waals surface area (Å²) in [6, 6.07) is 16.8. The van der Waals surface area contributed by atoms with Gasteiger partial charge in [-0.15, -0.1) is 0 Å². The lowest BCUT2D eigenvalue weighted by molar-refractivity contribution is 0.189. The van der Waals surface area contributed by atoms with Crippen LogP contribution in [0, 0.1) is 0 Å². The van der Waals surface area contributed by atoms with E-state index in [-0.39, 0.29) is 18.1 Å². The fraction of sp³-hybridized carbons (Fsp3) is 0.364. The van der Waals surface area contributed by atoms with Crippen LogP contribution in [0.4, 0.5) is 26.7 Å². The first-order chi connectivity index (χ1) is 14.2. The summed E-state index contributed by atoms with van der Waals surface area (Å²) in [5, 5.41) is 11.5. The lowest BCUT2D eigenvalue weighted by atomic mass is 10.1. The molecular formula is C22H27N5O2. The van der Waals surface area contributed by atoms with Crippen molar-refractivity contribution in [3.05, 3.63) is 54.6 Å². The molecule has 152 valence electrons. The van der Waals surface area contributed by atoms with Crippen molar-refractivity contribution in [2.45, 2.75) is 37.8 Å². The largest absolute Gasteiger partial charge is 0.335 e. The predicted octanol–water partition coefficient (Wildman–Crippen LogP) is 4.08. The number of likely N-dealkylation sites (tertiary alicyclic amines) is 1. The minimum absolute atomic E-state index is 0.208. The predicted molar refractivity (Wildman–Crippen MR) is 115 cm³/mol. The van der Waals surface area contributed by atoms with Crippen LogP contribution in [-0.4, -0.2) is 42.1 Å². The Labute approximate surface area is 170 Å². The third kappa shape index (κ3) is 5.71. The molecule has 4 amide bonds. The third-order valence-corrected chi connectivity index (χ3v) is 5.34. The molecule has 4 rings (SSSR count). The van der Waals surface area contributed by atoms with E-state index in [0.29, 0.717) is 17.1 Å². The first-order valence-electron chi connectivity index (χ1n) is 10.2. The molecule has 2 aromatic rings. The first-order valence-corrected chi connectivity index (χ1v) is 10.2. The topological polar surface area (TPSA) is 85.5 Å². The van der Waals surface area contributed by atoms with Crippen LogP contribution in [0.1, 0.15) is 25.7 Å². The number of para-hydroxylation sites is 1. The summed E-state index contributed by atoms with van der Waals surface area (Å²) in [5.74, 6) is 0. The lowest BCUT2D eigenvalue weighted by Gasteiger charge is -2.32. The molecule has 29 heavy (non-hydrogen) atoms. The average molecular weight is 393 g/mol. The molecular weight excluding hydrogens is 366 g/mol. The van der Waals surface area contributed by atoms with E-state index in [1.165, 1.54) is 12.8 Å². The van der Waals surface area contributed by atoms with Crippen molar-refractivity contribution in [3.63, 3.8) is 0 Å². The lowest BCUT2D eigenvalue weighted by Crippen LogP contribution is -2.46. The van der Waals surface area contributed by atoms with E-state index >= 15 is 0 Å². The second-order valence-corrected chi connectivity index (χ2v) is 7.67. The summed E-state index contributed by atoms with van der Waals surface area (Å²) in [5.41, 5.74) is 1.95. The highest BCUT2D eigenvalue weighted by molar-refractivity contribution is 6.00. The highest BCUT2D eigenvalue weighted by Crippen LogP contribution is 2.29. The van der Waals surface area contributed by atoms with Gasteiger partial charge in [-0.1, -0.05) is 24.3 Å². The average Bonchev–Trinajstić information content (AvgIpc) is 3.55. The van der Waals surface area contributed by atoms with Crippen molar-refractivity contribution in [1.82, 2.24) is 10.2 Å². The third-order valence-electron chi connectivity index (χ3n) is 5.34. The maximum absolute atomic E-state index is 12.3. The van der Waals surface area contributed by atoms with Gasteiger partial charge in [0, 0.05) is 42.2 Å². The van der Waals surface area contributed by atoms with Crippen LogP contribution < -0.4 is 21.3 Å². The van der Waals surface area contributed by atoms with E-state index in [2.05, 4.69) is 26.2 Å². The van der Waals surface area contributed by atoms with Gasteiger partial charge in [-0.3, -0.25) is 0 Å². The number of carbonyl (C=O) groups excluding carboxylic acids is 2. The van der Waals surface area contributed by atoms with Crippen LogP contribution in [0.25, 0.3) is 0 Å². The van der Waals surface area contributed by atoms with Gasteiger partial charge in [-0.25, -0.2) is 9.59 Å². The number of anilines is 3. The van der Waals surface area contributed by atoms with Gasteiger partial charge in [0.05, 0.1) is 0 Å². The highest BCUT2D eigenvalue weighted by Gasteiger charge is 2.32. The molecule has 1 heterocycles. The molecule has 7 heteroatoms. The molecule has 0 unspecified atom stereocenters. The zero-order valence-corrected chi connectivity index (χ0v) is 16.4. The van der Waals surface area contributed by atoms with Gasteiger partial charge in [-0.05, 0) is 56.0 Å². The van der Waals surface area contributed by atoms with Crippen LogP contribution in [0.2, 0.25) is 0 Å². The molecule has 1 aliphatic heterocycles. The number of piperidine rings is 1. The number of nitrogens with one attached hydrogen (secondary N) is 4. The molecule has 2 aromatic carbocycles. The van der Waals surface area contributed by atoms with Gasteiger partial charge < -0.3 is 26.2 Å². The molecule has 1 saturated heterocycles. The van der Waals surface area contributed by atoms with E-state index in [4.69, 9.17) is 0 Å². The van der Waals surface area contributed by atoms with Crippen molar-refractivity contribution in [2.24, 2.45) is 0 Å². The second kappa shape index (κ2) is 8.96. The number of urea groups is 2. The van der Waals surface area contributed by atoms with Crippen molar-refractivity contribution >= 4 is 29.1 Å². The summed E-state index contributed by atoms with van der Waals surface area (Å²) in [6.07, 6.45) is 4.63. The van der Waals surface area contributed by atoms with Gasteiger partial charge in [0.15, 0.2) is 0 Å². The zero-order chi connectivity index (χ0) is 20.1. The van der Waals surface area contributed by atoms with Gasteiger partial charge in [-0.2, -0.15) is 0 Å². The fourth-order valence-corrected chi connectivity index (χ4v) is 3.69. The number of rotatable bonds is 5. The van der Waals surface area contributed by atoms with Crippen LogP contribution in [-0.2, 0) is 0 Å². The van der Waals surface area contributed by atoms with E-state index in [9.17, 15) is 9.59 Å². The Morgan fingerprint density at radius 1 is 0.724 bits per heavy atom. The number of nitrogens with zero attached hydrogens (tertiary/aromatic N) is 1. The van der Waals surface area contributed by atoms with Gasteiger partial charge in [0.2, 0.25) is 0 Å². The Morgan fingerprint density at radius 3 is 1.97 bits per heavy atom. The maximum Gasteiger partial charge on any atom is 0.323 e. The molecule has 0 bridgehead atoms. The summed E-state index contributed by atoms with van der Waals surface area (Å²) in [6.45, 7) is 2.12. The Bertz CT molecular complexity index is 845. The highest BCUT2D eigenvalue weighted by atomic mass is 16.2. The number of hydrogen-bond donors (Lipinski definition) is 4. The molecule has 1 saturated carbocycles. The summed E-state index contributed by atoms with van der Waals surface area (Å²) < 4.78 is 0. The Kier molecular flexibility index (Phi) is 5.95. The SMILES string of the molecule is O=C(Nc1ccccc1)Nc1cccc(NC(=O)NC2CCN(C3CC3)CC2)c1. The van der Waals surface area contributed by atoms with Crippen molar-refractivity contribution in [1.29, 1.82) is 0 Å². The number of hydrogen-bond acceptors (Lipinski definition) is 3. The Balaban J connectivity index is 1.24. The van der Waals surface area contributed by atoms with Crippen molar-refractivity contribution < 1.29 is 9.59 Å². The van der Waals surface area contributed by atoms with Crippen LogP contribution in [0.3, 0.4) is 0 Å². The molecule has 0 spiro atoms. The molecule has 0 aromatic heterocycles. The molecule has 4 N–H and O–H groups in total. The number of benzene rings is 2. The maximum atomic E-state index is 12.3. The van der Waals surface area contributed by atoms with Gasteiger partial charge in [0.1, 0.15) is 0 Å². The molecule has 2 aliphatic rings. The van der Waals surface area contributed by atoms with Gasteiger partial charge in [0.25, 0.3) is 0 Å². The van der Waals surface area contributed by atoms with Crippen LogP contribution >= 0.6 is 0 Å². The summed E-state index contributed by atoms with van der Waals surface area (Å²) >= 11 is 0. The number of amides is 4. The van der Waals surface area contributed by atoms with E-state index < -0.39 is 0 Å². The zero-order valence-electron chi connectivity index (χ0n) is 16.4. The van der Waals surface area contributed by atoms with E-state index in [1.54, 1.807) is 24.3 Å². The normalized spacial score (nSPS) is 17.4. The Morgan fingerprint density at radius 2 is 1.31 bits per heavy atom. The van der Waals surface area contributed by atoms with Crippen LogP contribution in [0.5, 0.6) is 0 Å². The molecule has 2 fully saturated rings. The van der Waals surface area contributed by atoms with Crippen molar-refractivity contribution in [2.75, 3.05) is 29.0 Å². The molecule has 7 nitrogen and oxygen atoms in total. The molecule has 0 radical (unpaired) electrons. The summed E-state index contributed by atoms with van der Waals surface area (Å²) in [7, 11) is 0. The minimum Gasteiger partial charge on any atom is -0.335 e.